The Morgan fingerprint density at radius 3 is 2.89 bits per heavy atom. The number of hydrogen-bond donors (Lipinski definition) is 1. The van der Waals surface area contributed by atoms with E-state index in [4.69, 9.17) is 10.5 Å². The molecule has 0 heterocycles. The van der Waals surface area contributed by atoms with E-state index in [0.29, 0.717) is 12.5 Å². The third kappa shape index (κ3) is 1.42. The molecule has 1 fully saturated rings. The number of nitrogens with two attached hydrogens (primary N) is 1. The van der Waals surface area contributed by atoms with E-state index in [1.54, 1.807) is 7.11 Å². The van der Waals surface area contributed by atoms with Crippen LogP contribution in [-0.2, 0) is 9.53 Å². The molecule has 0 saturated heterocycles. The monoisotopic (exact) mass is 129 g/mol. The molecule has 0 spiro atoms. The van der Waals surface area contributed by atoms with Crippen molar-refractivity contribution >= 4 is 5.91 Å². The molecule has 0 aromatic carbocycles. The Labute approximate surface area is 54.2 Å². The van der Waals surface area contributed by atoms with Crippen LogP contribution in [0.4, 0.5) is 0 Å². The summed E-state index contributed by atoms with van der Waals surface area (Å²) < 4.78 is 4.84. The molecular weight excluding hydrogens is 118 g/mol. The van der Waals surface area contributed by atoms with Crippen LogP contribution in [0.5, 0.6) is 0 Å². The van der Waals surface area contributed by atoms with E-state index >= 15 is 0 Å². The number of carbonyl (C=O) groups is 1. The number of amides is 1. The molecule has 9 heavy (non-hydrogen) atoms. The molecule has 2 N–H and O–H groups in total. The summed E-state index contributed by atoms with van der Waals surface area (Å²) in [4.78, 5) is 10.4. The van der Waals surface area contributed by atoms with E-state index < -0.39 is 0 Å². The Hall–Kier alpha value is -0.570. The summed E-state index contributed by atoms with van der Waals surface area (Å²) in [6, 6.07) is 0. The smallest absolute Gasteiger partial charge is 0.220 e. The predicted octanol–water partition coefficient (Wildman–Crippen LogP) is -0.246. The van der Waals surface area contributed by atoms with Gasteiger partial charge in [-0.05, 0) is 12.3 Å². The second kappa shape index (κ2) is 2.35. The number of primary amides is 1. The van der Waals surface area contributed by atoms with Crippen molar-refractivity contribution in [3.05, 3.63) is 0 Å². The average molecular weight is 129 g/mol. The van der Waals surface area contributed by atoms with Crippen LogP contribution in [0.2, 0.25) is 0 Å². The van der Waals surface area contributed by atoms with Crippen LogP contribution in [-0.4, -0.2) is 19.6 Å². The molecule has 0 aromatic rings. The maximum absolute atomic E-state index is 10.4. The third-order valence-electron chi connectivity index (χ3n) is 1.67. The lowest BCUT2D eigenvalue weighted by Crippen LogP contribution is -2.14. The van der Waals surface area contributed by atoms with Gasteiger partial charge in [-0.3, -0.25) is 4.79 Å². The zero-order chi connectivity index (χ0) is 6.85. The highest BCUT2D eigenvalue weighted by Crippen LogP contribution is 2.37. The zero-order valence-corrected chi connectivity index (χ0v) is 5.46. The van der Waals surface area contributed by atoms with Crippen LogP contribution in [0.15, 0.2) is 0 Å². The molecule has 1 saturated carbocycles. The Morgan fingerprint density at radius 1 is 1.89 bits per heavy atom. The fraction of sp³-hybridized carbons (Fsp3) is 0.833. The quantitative estimate of drug-likeness (QED) is 0.571. The maximum Gasteiger partial charge on any atom is 0.220 e. The summed E-state index contributed by atoms with van der Waals surface area (Å²) in [6.45, 7) is 0.674. The van der Waals surface area contributed by atoms with Crippen LogP contribution in [0.1, 0.15) is 6.42 Å². The maximum atomic E-state index is 10.4. The van der Waals surface area contributed by atoms with Gasteiger partial charge >= 0.3 is 0 Å². The molecule has 0 radical (unpaired) electrons. The van der Waals surface area contributed by atoms with Gasteiger partial charge in [-0.15, -0.1) is 0 Å². The minimum atomic E-state index is -0.183. The molecule has 3 nitrogen and oxygen atoms in total. The van der Waals surface area contributed by atoms with Gasteiger partial charge < -0.3 is 10.5 Å². The van der Waals surface area contributed by atoms with Gasteiger partial charge in [-0.25, -0.2) is 0 Å². The van der Waals surface area contributed by atoms with Gasteiger partial charge in [0.15, 0.2) is 0 Å². The van der Waals surface area contributed by atoms with Crippen LogP contribution in [0, 0.1) is 11.8 Å². The van der Waals surface area contributed by atoms with Crippen molar-refractivity contribution in [1.82, 2.24) is 0 Å². The molecule has 0 bridgehead atoms. The number of methoxy groups -OCH3 is 1. The summed E-state index contributed by atoms with van der Waals surface area (Å²) in [5, 5.41) is 0. The largest absolute Gasteiger partial charge is 0.384 e. The molecule has 2 atom stereocenters. The molecular formula is C6H11NO2. The number of hydrogen-bond acceptors (Lipinski definition) is 2. The number of carbonyl (C=O) groups excluding carboxylic acids is 1. The normalized spacial score (nSPS) is 32.1. The molecule has 3 heteroatoms. The van der Waals surface area contributed by atoms with Crippen LogP contribution >= 0.6 is 0 Å². The second-order valence-electron chi connectivity index (χ2n) is 2.46. The molecule has 52 valence electrons. The van der Waals surface area contributed by atoms with Crippen molar-refractivity contribution in [3.8, 4) is 0 Å². The van der Waals surface area contributed by atoms with Gasteiger partial charge in [-0.2, -0.15) is 0 Å². The average Bonchev–Trinajstić information content (AvgIpc) is 2.47. The lowest BCUT2D eigenvalue weighted by atomic mass is 10.3. The highest BCUT2D eigenvalue weighted by atomic mass is 16.5. The first-order valence-corrected chi connectivity index (χ1v) is 3.04. The van der Waals surface area contributed by atoms with E-state index in [9.17, 15) is 4.79 Å². The van der Waals surface area contributed by atoms with Crippen molar-refractivity contribution in [1.29, 1.82) is 0 Å². The van der Waals surface area contributed by atoms with Gasteiger partial charge in [0.1, 0.15) is 0 Å². The van der Waals surface area contributed by atoms with E-state index in [2.05, 4.69) is 0 Å². The number of ether oxygens (including phenoxy) is 1. The first-order chi connectivity index (χ1) is 4.25. The van der Waals surface area contributed by atoms with Crippen LogP contribution < -0.4 is 5.73 Å². The Bertz CT molecular complexity index is 124. The first kappa shape index (κ1) is 6.55. The summed E-state index contributed by atoms with van der Waals surface area (Å²) in [5.41, 5.74) is 5.02. The zero-order valence-electron chi connectivity index (χ0n) is 5.46. The predicted molar refractivity (Wildman–Crippen MR) is 32.7 cm³/mol. The molecule has 0 aromatic heterocycles. The lowest BCUT2D eigenvalue weighted by molar-refractivity contribution is -0.119. The summed E-state index contributed by atoms with van der Waals surface area (Å²) in [5.74, 6) is 0.328. The van der Waals surface area contributed by atoms with E-state index in [-0.39, 0.29) is 11.8 Å². The van der Waals surface area contributed by atoms with Crippen molar-refractivity contribution in [2.24, 2.45) is 17.6 Å². The SMILES string of the molecule is COC[C@@H]1C[C@H]1C(N)=O. The molecule has 0 unspecified atom stereocenters. The van der Waals surface area contributed by atoms with Crippen LogP contribution in [0.3, 0.4) is 0 Å². The summed E-state index contributed by atoms with van der Waals surface area (Å²) in [7, 11) is 1.64. The van der Waals surface area contributed by atoms with Gasteiger partial charge in [0.05, 0.1) is 0 Å². The fourth-order valence-corrected chi connectivity index (χ4v) is 0.994. The highest BCUT2D eigenvalue weighted by Gasteiger charge is 2.41. The van der Waals surface area contributed by atoms with E-state index in [1.807, 2.05) is 0 Å². The van der Waals surface area contributed by atoms with Gasteiger partial charge in [-0.1, -0.05) is 0 Å². The number of rotatable bonds is 3. The van der Waals surface area contributed by atoms with Gasteiger partial charge in [0, 0.05) is 19.6 Å². The minimum Gasteiger partial charge on any atom is -0.384 e. The Kier molecular flexibility index (Phi) is 1.71. The highest BCUT2D eigenvalue weighted by molar-refractivity contribution is 5.79. The molecule has 1 aliphatic carbocycles. The second-order valence-corrected chi connectivity index (χ2v) is 2.46. The molecule has 0 aliphatic heterocycles. The minimum absolute atomic E-state index is 0.102. The Balaban J connectivity index is 2.17. The van der Waals surface area contributed by atoms with E-state index in [0.717, 1.165) is 6.42 Å². The van der Waals surface area contributed by atoms with Gasteiger partial charge in [0.2, 0.25) is 5.91 Å². The van der Waals surface area contributed by atoms with Crippen molar-refractivity contribution in [2.75, 3.05) is 13.7 Å². The first-order valence-electron chi connectivity index (χ1n) is 3.04. The lowest BCUT2D eigenvalue weighted by Gasteiger charge is -1.92. The van der Waals surface area contributed by atoms with Gasteiger partial charge in [0.25, 0.3) is 0 Å². The van der Waals surface area contributed by atoms with Crippen molar-refractivity contribution in [2.45, 2.75) is 6.42 Å². The fourth-order valence-electron chi connectivity index (χ4n) is 0.994. The Morgan fingerprint density at radius 2 is 2.56 bits per heavy atom. The van der Waals surface area contributed by atoms with Crippen molar-refractivity contribution in [3.63, 3.8) is 0 Å². The summed E-state index contributed by atoms with van der Waals surface area (Å²) in [6.07, 6.45) is 0.920. The summed E-state index contributed by atoms with van der Waals surface area (Å²) >= 11 is 0. The molecule has 1 rings (SSSR count). The molecule has 1 aliphatic rings. The third-order valence-corrected chi connectivity index (χ3v) is 1.67. The van der Waals surface area contributed by atoms with E-state index in [1.165, 1.54) is 0 Å². The topological polar surface area (TPSA) is 52.3 Å². The van der Waals surface area contributed by atoms with Crippen molar-refractivity contribution < 1.29 is 9.53 Å². The van der Waals surface area contributed by atoms with Crippen LogP contribution in [0.25, 0.3) is 0 Å². The molecule has 1 amide bonds. The standard InChI is InChI=1S/C6H11NO2/c1-9-3-4-2-5(4)6(7)8/h4-5H,2-3H2,1H3,(H2,7,8)/t4-,5+/m0/s1.